The third-order valence-corrected chi connectivity index (χ3v) is 5.74. The number of likely N-dealkylation sites (tertiary alicyclic amines) is 1. The Bertz CT molecular complexity index is 1080. The van der Waals surface area contributed by atoms with E-state index in [0.29, 0.717) is 11.3 Å². The van der Waals surface area contributed by atoms with Gasteiger partial charge in [0.05, 0.1) is 25.3 Å². The van der Waals surface area contributed by atoms with Crippen molar-refractivity contribution < 1.29 is 24.4 Å². The molecule has 146 valence electrons. The van der Waals surface area contributed by atoms with Gasteiger partial charge in [0.2, 0.25) is 0 Å². The Kier molecular flexibility index (Phi) is 5.14. The lowest BCUT2D eigenvalue weighted by Gasteiger charge is -2.23. The Hall–Kier alpha value is -3.45. The maximum atomic E-state index is 12.9. The van der Waals surface area contributed by atoms with E-state index in [9.17, 15) is 14.7 Å². The van der Waals surface area contributed by atoms with Crippen molar-refractivity contribution in [1.29, 1.82) is 0 Å². The molecule has 0 aliphatic carbocycles. The fourth-order valence-electron chi connectivity index (χ4n) is 3.44. The zero-order valence-corrected chi connectivity index (χ0v) is 16.5. The molecule has 1 unspecified atom stereocenters. The molecule has 3 heterocycles. The number of nitrogens with one attached hydrogen (secondary N) is 1. The predicted octanol–water partition coefficient (Wildman–Crippen LogP) is 3.19. The molecule has 1 saturated heterocycles. The van der Waals surface area contributed by atoms with E-state index in [2.05, 4.69) is 4.98 Å². The van der Waals surface area contributed by atoms with Crippen molar-refractivity contribution in [2.45, 2.75) is 12.6 Å². The SMILES string of the molecule is COc1cccc(C(O)=C2C(=O)C(=O)N(Cc3ccc[nH+]c3)C2c2cccs2)c1. The molecule has 1 aliphatic heterocycles. The van der Waals surface area contributed by atoms with E-state index in [0.717, 1.165) is 10.4 Å². The first-order valence-electron chi connectivity index (χ1n) is 9.01. The van der Waals surface area contributed by atoms with Crippen LogP contribution in [0.3, 0.4) is 0 Å². The summed E-state index contributed by atoms with van der Waals surface area (Å²) in [6.07, 6.45) is 3.56. The lowest BCUT2D eigenvalue weighted by atomic mass is 9.99. The van der Waals surface area contributed by atoms with Crippen LogP contribution in [0.1, 0.15) is 22.0 Å². The normalized spacial score (nSPS) is 18.2. The van der Waals surface area contributed by atoms with Gasteiger partial charge < -0.3 is 14.7 Å². The molecule has 0 saturated carbocycles. The molecular weight excluding hydrogens is 388 g/mol. The summed E-state index contributed by atoms with van der Waals surface area (Å²) >= 11 is 1.44. The molecule has 2 aromatic heterocycles. The van der Waals surface area contributed by atoms with Crippen LogP contribution in [0, 0.1) is 0 Å². The molecule has 4 rings (SSSR count). The molecule has 1 atom stereocenters. The third-order valence-electron chi connectivity index (χ3n) is 4.82. The van der Waals surface area contributed by atoms with Crippen LogP contribution in [-0.2, 0) is 16.1 Å². The molecule has 0 spiro atoms. The fourth-order valence-corrected chi connectivity index (χ4v) is 4.28. The van der Waals surface area contributed by atoms with Crippen molar-refractivity contribution in [3.8, 4) is 5.75 Å². The lowest BCUT2D eigenvalue weighted by molar-refractivity contribution is -0.378. The van der Waals surface area contributed by atoms with E-state index in [1.807, 2.05) is 29.6 Å². The van der Waals surface area contributed by atoms with Gasteiger partial charge in [-0.3, -0.25) is 9.59 Å². The van der Waals surface area contributed by atoms with E-state index in [-0.39, 0.29) is 17.9 Å². The zero-order valence-electron chi connectivity index (χ0n) is 15.7. The summed E-state index contributed by atoms with van der Waals surface area (Å²) in [4.78, 5) is 31.1. The zero-order chi connectivity index (χ0) is 20.4. The van der Waals surface area contributed by atoms with E-state index in [4.69, 9.17) is 4.74 Å². The van der Waals surface area contributed by atoms with Crippen LogP contribution in [0.25, 0.3) is 5.76 Å². The highest BCUT2D eigenvalue weighted by molar-refractivity contribution is 7.10. The van der Waals surface area contributed by atoms with Crippen LogP contribution >= 0.6 is 11.3 Å². The fraction of sp³-hybridized carbons (Fsp3) is 0.136. The molecule has 7 heteroatoms. The number of ether oxygens (including phenoxy) is 1. The molecular formula is C22H19N2O4S+. The standard InChI is InChI=1S/C22H18N2O4S/c1-28-16-7-2-6-15(11-16)20(25)18-19(17-8-4-10-29-17)24(22(27)21(18)26)13-14-5-3-9-23-12-14/h2-12,19,25H,13H2,1H3/p+1. The Morgan fingerprint density at radius 1 is 1.21 bits per heavy atom. The first-order chi connectivity index (χ1) is 14.1. The number of hydrogen-bond acceptors (Lipinski definition) is 5. The van der Waals surface area contributed by atoms with Gasteiger partial charge in [-0.1, -0.05) is 18.2 Å². The summed E-state index contributed by atoms with van der Waals surface area (Å²) in [7, 11) is 1.53. The number of H-pyrrole nitrogens is 1. The Morgan fingerprint density at radius 3 is 2.76 bits per heavy atom. The quantitative estimate of drug-likeness (QED) is 0.400. The van der Waals surface area contributed by atoms with Crippen LogP contribution < -0.4 is 9.72 Å². The number of hydrogen-bond donors (Lipinski definition) is 1. The van der Waals surface area contributed by atoms with Gasteiger partial charge in [0.25, 0.3) is 11.7 Å². The van der Waals surface area contributed by atoms with Crippen molar-refractivity contribution in [2.75, 3.05) is 7.11 Å². The minimum Gasteiger partial charge on any atom is -0.507 e. The van der Waals surface area contributed by atoms with E-state index >= 15 is 0 Å². The molecule has 1 amide bonds. The number of nitrogens with zero attached hydrogens (tertiary/aromatic N) is 1. The number of aliphatic hydroxyl groups excluding tert-OH is 1. The van der Waals surface area contributed by atoms with Crippen molar-refractivity contribution in [3.63, 3.8) is 0 Å². The van der Waals surface area contributed by atoms with Crippen LogP contribution in [-0.4, -0.2) is 28.8 Å². The largest absolute Gasteiger partial charge is 0.507 e. The average Bonchev–Trinajstić information content (AvgIpc) is 3.37. The Balaban J connectivity index is 1.83. The molecule has 0 radical (unpaired) electrons. The summed E-state index contributed by atoms with van der Waals surface area (Å²) in [5.74, 6) is -0.973. The van der Waals surface area contributed by atoms with Crippen molar-refractivity contribution in [2.24, 2.45) is 0 Å². The maximum Gasteiger partial charge on any atom is 0.295 e. The highest BCUT2D eigenvalue weighted by Crippen LogP contribution is 2.42. The third kappa shape index (κ3) is 3.52. The number of amides is 1. The smallest absolute Gasteiger partial charge is 0.295 e. The number of rotatable bonds is 5. The second-order valence-electron chi connectivity index (χ2n) is 6.59. The van der Waals surface area contributed by atoms with Crippen molar-refractivity contribution in [1.82, 2.24) is 4.90 Å². The van der Waals surface area contributed by atoms with E-state index in [1.165, 1.54) is 23.3 Å². The highest BCUT2D eigenvalue weighted by Gasteiger charge is 2.46. The van der Waals surface area contributed by atoms with Gasteiger partial charge in [-0.15, -0.1) is 11.3 Å². The van der Waals surface area contributed by atoms with E-state index < -0.39 is 17.7 Å². The molecule has 1 fully saturated rings. The van der Waals surface area contributed by atoms with Crippen LogP contribution in [0.4, 0.5) is 0 Å². The van der Waals surface area contributed by atoms with Crippen LogP contribution in [0.5, 0.6) is 5.75 Å². The molecule has 3 aromatic rings. The molecule has 2 N–H and O–H groups in total. The summed E-state index contributed by atoms with van der Waals surface area (Å²) in [6.45, 7) is 0.249. The number of methoxy groups -OCH3 is 1. The van der Waals surface area contributed by atoms with Gasteiger partial charge in [-0.25, -0.2) is 4.98 Å². The first kappa shape index (κ1) is 18.9. The average molecular weight is 407 g/mol. The summed E-state index contributed by atoms with van der Waals surface area (Å²) in [5, 5.41) is 12.9. The second-order valence-corrected chi connectivity index (χ2v) is 7.57. The minimum atomic E-state index is -0.691. The molecule has 6 nitrogen and oxygen atoms in total. The lowest BCUT2D eigenvalue weighted by Crippen LogP contribution is -2.29. The number of pyridine rings is 1. The summed E-state index contributed by atoms with van der Waals surface area (Å²) < 4.78 is 5.22. The Labute approximate surface area is 171 Å². The number of aromatic amines is 1. The molecule has 29 heavy (non-hydrogen) atoms. The van der Waals surface area contributed by atoms with Gasteiger partial charge in [0.15, 0.2) is 12.4 Å². The number of aromatic nitrogens is 1. The minimum absolute atomic E-state index is 0.0885. The summed E-state index contributed by atoms with van der Waals surface area (Å²) in [6, 6.07) is 13.6. The van der Waals surface area contributed by atoms with Crippen molar-refractivity contribution in [3.05, 3.63) is 87.9 Å². The number of benzene rings is 1. The molecule has 0 bridgehead atoms. The van der Waals surface area contributed by atoms with Gasteiger partial charge in [0.1, 0.15) is 11.5 Å². The first-order valence-corrected chi connectivity index (χ1v) is 9.89. The van der Waals surface area contributed by atoms with Gasteiger partial charge in [-0.2, -0.15) is 0 Å². The second kappa shape index (κ2) is 7.89. The monoisotopic (exact) mass is 407 g/mol. The predicted molar refractivity (Wildman–Crippen MR) is 108 cm³/mol. The maximum absolute atomic E-state index is 12.9. The van der Waals surface area contributed by atoms with Gasteiger partial charge in [-0.05, 0) is 29.6 Å². The van der Waals surface area contributed by atoms with Gasteiger partial charge in [0, 0.05) is 22.1 Å². The van der Waals surface area contributed by atoms with Crippen LogP contribution in [0.2, 0.25) is 0 Å². The number of carbonyl (C=O) groups excluding carboxylic acids is 2. The molecule has 1 aliphatic rings. The highest BCUT2D eigenvalue weighted by atomic mass is 32.1. The summed E-state index contributed by atoms with van der Waals surface area (Å²) in [5.41, 5.74) is 1.37. The topological polar surface area (TPSA) is 81.0 Å². The number of ketones is 1. The molecule has 1 aromatic carbocycles. The van der Waals surface area contributed by atoms with Gasteiger partial charge >= 0.3 is 0 Å². The number of carbonyl (C=O) groups is 2. The number of thiophene rings is 1. The van der Waals surface area contributed by atoms with E-state index in [1.54, 1.807) is 36.7 Å². The number of aliphatic hydroxyl groups is 1. The Morgan fingerprint density at radius 2 is 2.07 bits per heavy atom. The van der Waals surface area contributed by atoms with Crippen molar-refractivity contribution >= 4 is 28.8 Å². The van der Waals surface area contributed by atoms with Crippen LogP contribution in [0.15, 0.2) is 71.9 Å². The number of Topliss-reactive ketones (excluding diaryl/α,β-unsaturated/α-hetero) is 1.